The van der Waals surface area contributed by atoms with Gasteiger partial charge in [-0.2, -0.15) is 0 Å². The van der Waals surface area contributed by atoms with E-state index in [4.69, 9.17) is 16.0 Å². The summed E-state index contributed by atoms with van der Waals surface area (Å²) in [5.74, 6) is 0.699. The number of hydrogen-bond acceptors (Lipinski definition) is 5. The van der Waals surface area contributed by atoms with Crippen LogP contribution >= 0.6 is 11.6 Å². The van der Waals surface area contributed by atoms with Gasteiger partial charge in [0, 0.05) is 23.3 Å². The lowest BCUT2D eigenvalue weighted by atomic mass is 10.0. The topological polar surface area (TPSA) is 82.1 Å². The van der Waals surface area contributed by atoms with Crippen LogP contribution in [0.3, 0.4) is 0 Å². The molecule has 0 spiro atoms. The van der Waals surface area contributed by atoms with Crippen LogP contribution in [0.4, 0.5) is 5.69 Å². The van der Waals surface area contributed by atoms with Gasteiger partial charge in [-0.15, -0.1) is 10.2 Å². The molecule has 4 rings (SSSR count). The van der Waals surface area contributed by atoms with Crippen LogP contribution in [-0.4, -0.2) is 15.1 Å². The summed E-state index contributed by atoms with van der Waals surface area (Å²) in [5.41, 5.74) is 3.68. The number of aryl methyl sites for hydroxylation is 1. The summed E-state index contributed by atoms with van der Waals surface area (Å²) >= 11 is 6.64. The van der Waals surface area contributed by atoms with Crippen molar-refractivity contribution in [2.45, 2.75) is 19.3 Å². The summed E-state index contributed by atoms with van der Waals surface area (Å²) in [5, 5.41) is 19.6. The Morgan fingerprint density at radius 1 is 1.00 bits per heavy atom. The highest BCUT2D eigenvalue weighted by Gasteiger charge is 2.21. The van der Waals surface area contributed by atoms with Crippen LogP contribution in [0.15, 0.2) is 52.9 Å². The zero-order valence-electron chi connectivity index (χ0n) is 13.7. The highest BCUT2D eigenvalue weighted by atomic mass is 35.5. The van der Waals surface area contributed by atoms with Crippen LogP contribution in [0.5, 0.6) is 0 Å². The van der Waals surface area contributed by atoms with Gasteiger partial charge in [-0.3, -0.25) is 10.1 Å². The molecule has 1 aromatic heterocycles. The summed E-state index contributed by atoms with van der Waals surface area (Å²) in [4.78, 5) is 10.3. The molecule has 130 valence electrons. The number of nitro groups is 1. The number of rotatable bonds is 3. The fourth-order valence-electron chi connectivity index (χ4n) is 3.07. The maximum absolute atomic E-state index is 10.8. The minimum atomic E-state index is -0.448. The first-order valence-corrected chi connectivity index (χ1v) is 8.57. The standard InChI is InChI=1S/C19H14ClN3O3/c20-17-15-6-2-1-4-12(15)5-3-7-16(17)19-22-21-18(26-19)13-8-10-14(11-9-13)23(24)25/h1-2,4,6,8-11H,3,5,7H2. The fraction of sp³-hybridized carbons (Fsp3) is 0.158. The van der Waals surface area contributed by atoms with E-state index in [0.717, 1.165) is 30.4 Å². The SMILES string of the molecule is O=[N+]([O-])c1ccc(-c2nnc(C3=C(Cl)c4ccccc4CCC3)o2)cc1. The largest absolute Gasteiger partial charge is 0.416 e. The lowest BCUT2D eigenvalue weighted by Gasteiger charge is -2.05. The van der Waals surface area contributed by atoms with E-state index < -0.39 is 4.92 Å². The van der Waals surface area contributed by atoms with Crippen LogP contribution in [0.1, 0.15) is 29.9 Å². The van der Waals surface area contributed by atoms with Crippen LogP contribution in [-0.2, 0) is 6.42 Å². The highest BCUT2D eigenvalue weighted by molar-refractivity contribution is 6.52. The van der Waals surface area contributed by atoms with E-state index in [1.54, 1.807) is 12.1 Å². The first kappa shape index (κ1) is 16.5. The van der Waals surface area contributed by atoms with Crippen LogP contribution in [0, 0.1) is 10.1 Å². The second-order valence-electron chi connectivity index (χ2n) is 6.02. The van der Waals surface area contributed by atoms with Crippen molar-refractivity contribution in [3.05, 3.63) is 75.7 Å². The molecule has 7 heteroatoms. The molecular formula is C19H14ClN3O3. The van der Waals surface area contributed by atoms with Crippen molar-refractivity contribution in [2.24, 2.45) is 0 Å². The van der Waals surface area contributed by atoms with Crippen molar-refractivity contribution in [3.63, 3.8) is 0 Å². The number of nitro benzene ring substituents is 1. The van der Waals surface area contributed by atoms with E-state index in [1.165, 1.54) is 17.7 Å². The van der Waals surface area contributed by atoms with Gasteiger partial charge in [0.15, 0.2) is 0 Å². The van der Waals surface area contributed by atoms with Gasteiger partial charge in [-0.25, -0.2) is 0 Å². The average Bonchev–Trinajstić information content (AvgIpc) is 3.08. The number of halogens is 1. The molecule has 1 aliphatic carbocycles. The Kier molecular flexibility index (Phi) is 4.26. The van der Waals surface area contributed by atoms with Crippen molar-refractivity contribution >= 4 is 27.9 Å². The molecule has 0 saturated heterocycles. The van der Waals surface area contributed by atoms with Crippen molar-refractivity contribution in [1.82, 2.24) is 10.2 Å². The molecule has 3 aromatic rings. The molecule has 2 aromatic carbocycles. The molecule has 0 unspecified atom stereocenters. The normalized spacial score (nSPS) is 14.0. The van der Waals surface area contributed by atoms with Gasteiger partial charge in [0.1, 0.15) is 0 Å². The van der Waals surface area contributed by atoms with Crippen molar-refractivity contribution < 1.29 is 9.34 Å². The second kappa shape index (κ2) is 6.72. The molecule has 26 heavy (non-hydrogen) atoms. The summed E-state index contributed by atoms with van der Waals surface area (Å²) in [6.45, 7) is 0. The molecule has 0 bridgehead atoms. The van der Waals surface area contributed by atoms with Crippen molar-refractivity contribution in [1.29, 1.82) is 0 Å². The van der Waals surface area contributed by atoms with Crippen molar-refractivity contribution in [2.75, 3.05) is 0 Å². The van der Waals surface area contributed by atoms with Crippen LogP contribution < -0.4 is 0 Å². The predicted octanol–water partition coefficient (Wildman–Crippen LogP) is 5.09. The molecule has 6 nitrogen and oxygen atoms in total. The van der Waals surface area contributed by atoms with E-state index >= 15 is 0 Å². The third-order valence-corrected chi connectivity index (χ3v) is 4.83. The minimum Gasteiger partial charge on any atom is -0.416 e. The number of aromatic nitrogens is 2. The first-order chi connectivity index (χ1) is 12.6. The minimum absolute atomic E-state index is 0.0135. The Hall–Kier alpha value is -2.99. The van der Waals surface area contributed by atoms with Gasteiger partial charge in [-0.05, 0) is 42.5 Å². The van der Waals surface area contributed by atoms with E-state index in [1.807, 2.05) is 18.2 Å². The number of allylic oxidation sites excluding steroid dienone is 1. The third kappa shape index (κ3) is 2.99. The fourth-order valence-corrected chi connectivity index (χ4v) is 3.43. The molecule has 1 aliphatic rings. The highest BCUT2D eigenvalue weighted by Crippen LogP contribution is 2.38. The number of fused-ring (bicyclic) bond motifs is 1. The summed E-state index contributed by atoms with van der Waals surface area (Å²) in [7, 11) is 0. The zero-order valence-corrected chi connectivity index (χ0v) is 14.4. The van der Waals surface area contributed by atoms with Crippen LogP contribution in [0.2, 0.25) is 0 Å². The average molecular weight is 368 g/mol. The number of benzene rings is 2. The van der Waals surface area contributed by atoms with Crippen LogP contribution in [0.25, 0.3) is 22.1 Å². The Morgan fingerprint density at radius 2 is 1.73 bits per heavy atom. The van der Waals surface area contributed by atoms with E-state index in [2.05, 4.69) is 16.3 Å². The van der Waals surface area contributed by atoms with Crippen molar-refractivity contribution in [3.8, 4) is 11.5 Å². The van der Waals surface area contributed by atoms with Gasteiger partial charge < -0.3 is 4.42 Å². The number of nitrogens with zero attached hydrogens (tertiary/aromatic N) is 3. The monoisotopic (exact) mass is 367 g/mol. The molecular weight excluding hydrogens is 354 g/mol. The smallest absolute Gasteiger partial charge is 0.269 e. The summed E-state index contributed by atoms with van der Waals surface area (Å²) < 4.78 is 5.82. The molecule has 1 heterocycles. The lowest BCUT2D eigenvalue weighted by molar-refractivity contribution is -0.384. The number of hydrogen-bond donors (Lipinski definition) is 0. The molecule has 0 fully saturated rings. The van der Waals surface area contributed by atoms with Gasteiger partial charge in [-0.1, -0.05) is 35.9 Å². The quantitative estimate of drug-likeness (QED) is 0.475. The Labute approximate surface area is 154 Å². The molecule has 0 saturated carbocycles. The van der Waals surface area contributed by atoms with Gasteiger partial charge in [0.2, 0.25) is 11.8 Å². The lowest BCUT2D eigenvalue weighted by Crippen LogP contribution is -1.88. The molecule has 0 atom stereocenters. The molecule has 0 aliphatic heterocycles. The Morgan fingerprint density at radius 3 is 2.50 bits per heavy atom. The van der Waals surface area contributed by atoms with E-state index in [9.17, 15) is 10.1 Å². The first-order valence-electron chi connectivity index (χ1n) is 8.19. The van der Waals surface area contributed by atoms with Gasteiger partial charge in [0.05, 0.1) is 9.96 Å². The summed E-state index contributed by atoms with van der Waals surface area (Å²) in [6, 6.07) is 14.0. The molecule has 0 N–H and O–H groups in total. The Balaban J connectivity index is 1.70. The van der Waals surface area contributed by atoms with Gasteiger partial charge >= 0.3 is 0 Å². The van der Waals surface area contributed by atoms with Gasteiger partial charge in [0.25, 0.3) is 5.69 Å². The third-order valence-electron chi connectivity index (χ3n) is 4.40. The summed E-state index contributed by atoms with van der Waals surface area (Å²) in [6.07, 6.45) is 2.63. The van der Waals surface area contributed by atoms with E-state index in [-0.39, 0.29) is 5.69 Å². The maximum atomic E-state index is 10.8. The second-order valence-corrected chi connectivity index (χ2v) is 6.40. The van der Waals surface area contributed by atoms with E-state index in [0.29, 0.717) is 22.4 Å². The molecule has 0 radical (unpaired) electrons. The Bertz CT molecular complexity index is 1010. The molecule has 0 amide bonds. The number of non-ortho nitro benzene ring substituents is 1. The predicted molar refractivity (Wildman–Crippen MR) is 98.4 cm³/mol. The maximum Gasteiger partial charge on any atom is 0.269 e. The zero-order chi connectivity index (χ0) is 18.1.